The number of hydrogen-bond donors (Lipinski definition) is 3. The quantitative estimate of drug-likeness (QED) is 0.701. The second-order valence-corrected chi connectivity index (χ2v) is 4.29. The van der Waals surface area contributed by atoms with E-state index in [9.17, 15) is 9.59 Å². The minimum atomic E-state index is -0.487. The van der Waals surface area contributed by atoms with Gasteiger partial charge in [-0.25, -0.2) is 9.59 Å². The van der Waals surface area contributed by atoms with E-state index in [2.05, 4.69) is 20.7 Å². The molecule has 0 radical (unpaired) electrons. The van der Waals surface area contributed by atoms with Gasteiger partial charge in [0, 0.05) is 19.3 Å². The zero-order valence-electron chi connectivity index (χ0n) is 12.3. The fourth-order valence-corrected chi connectivity index (χ4v) is 1.56. The zero-order chi connectivity index (χ0) is 15.5. The SMILES string of the molecule is CCOC(=O)NCCNC(=O)N/C=C/c1cccc(C)c1. The smallest absolute Gasteiger partial charge is 0.407 e. The molecule has 3 amide bonds. The van der Waals surface area contributed by atoms with Gasteiger partial charge >= 0.3 is 12.1 Å². The normalized spacial score (nSPS) is 10.2. The lowest BCUT2D eigenvalue weighted by Crippen LogP contribution is -2.38. The molecule has 0 saturated heterocycles. The van der Waals surface area contributed by atoms with Crippen molar-refractivity contribution in [2.24, 2.45) is 0 Å². The molecule has 1 rings (SSSR count). The van der Waals surface area contributed by atoms with Crippen LogP contribution in [0.25, 0.3) is 6.08 Å². The summed E-state index contributed by atoms with van der Waals surface area (Å²) in [6.07, 6.45) is 2.89. The summed E-state index contributed by atoms with van der Waals surface area (Å²) in [4.78, 5) is 22.4. The average molecular weight is 291 g/mol. The first-order valence-electron chi connectivity index (χ1n) is 6.80. The maximum absolute atomic E-state index is 11.5. The fraction of sp³-hybridized carbons (Fsp3) is 0.333. The molecule has 6 heteroatoms. The first-order chi connectivity index (χ1) is 10.1. The third kappa shape index (κ3) is 7.61. The van der Waals surface area contributed by atoms with Gasteiger partial charge < -0.3 is 20.7 Å². The number of carbonyl (C=O) groups excluding carboxylic acids is 2. The van der Waals surface area contributed by atoms with Gasteiger partial charge in [-0.05, 0) is 25.5 Å². The van der Waals surface area contributed by atoms with Crippen molar-refractivity contribution in [2.75, 3.05) is 19.7 Å². The number of rotatable bonds is 6. The number of aryl methyl sites for hydroxylation is 1. The number of carbonyl (C=O) groups is 2. The summed E-state index contributed by atoms with van der Waals surface area (Å²) >= 11 is 0. The van der Waals surface area contributed by atoms with E-state index in [4.69, 9.17) is 0 Å². The molecular formula is C15H21N3O3. The molecule has 0 aliphatic carbocycles. The molecule has 0 spiro atoms. The maximum atomic E-state index is 11.5. The van der Waals surface area contributed by atoms with Crippen LogP contribution in [0.15, 0.2) is 30.5 Å². The summed E-state index contributed by atoms with van der Waals surface area (Å²) in [6.45, 7) is 4.69. The first-order valence-corrected chi connectivity index (χ1v) is 6.80. The van der Waals surface area contributed by atoms with Crippen molar-refractivity contribution in [3.63, 3.8) is 0 Å². The molecule has 0 aliphatic heterocycles. The first kappa shape index (κ1) is 16.6. The van der Waals surface area contributed by atoms with Crippen molar-refractivity contribution in [2.45, 2.75) is 13.8 Å². The molecule has 21 heavy (non-hydrogen) atoms. The maximum Gasteiger partial charge on any atom is 0.407 e. The lowest BCUT2D eigenvalue weighted by atomic mass is 10.1. The Morgan fingerprint density at radius 2 is 2.00 bits per heavy atom. The molecule has 0 aromatic heterocycles. The van der Waals surface area contributed by atoms with Gasteiger partial charge in [0.1, 0.15) is 0 Å². The Morgan fingerprint density at radius 3 is 2.71 bits per heavy atom. The summed E-state index contributed by atoms with van der Waals surface area (Å²) < 4.78 is 4.68. The molecule has 0 unspecified atom stereocenters. The highest BCUT2D eigenvalue weighted by Gasteiger charge is 2.00. The minimum absolute atomic E-state index is 0.313. The van der Waals surface area contributed by atoms with Crippen LogP contribution in [0.2, 0.25) is 0 Å². The van der Waals surface area contributed by atoms with E-state index in [1.807, 2.05) is 37.3 Å². The Balaban J connectivity index is 2.18. The number of ether oxygens (including phenoxy) is 1. The molecule has 6 nitrogen and oxygen atoms in total. The summed E-state index contributed by atoms with van der Waals surface area (Å²) in [6, 6.07) is 7.60. The third-order valence-corrected chi connectivity index (χ3v) is 2.49. The molecule has 0 saturated carbocycles. The Bertz CT molecular complexity index is 501. The number of alkyl carbamates (subject to hydrolysis) is 1. The molecule has 1 aromatic carbocycles. The number of benzene rings is 1. The minimum Gasteiger partial charge on any atom is -0.450 e. The Morgan fingerprint density at radius 1 is 1.24 bits per heavy atom. The Kier molecular flexibility index (Phi) is 7.42. The monoisotopic (exact) mass is 291 g/mol. The van der Waals surface area contributed by atoms with Crippen LogP contribution in [-0.4, -0.2) is 31.8 Å². The van der Waals surface area contributed by atoms with Crippen LogP contribution in [0.3, 0.4) is 0 Å². The van der Waals surface area contributed by atoms with Crippen molar-refractivity contribution < 1.29 is 14.3 Å². The van der Waals surface area contributed by atoms with Crippen LogP contribution in [0, 0.1) is 6.92 Å². The molecule has 3 N–H and O–H groups in total. The number of nitrogens with one attached hydrogen (secondary N) is 3. The number of amides is 3. The predicted octanol–water partition coefficient (Wildman–Crippen LogP) is 2.01. The number of urea groups is 1. The standard InChI is InChI=1S/C15H21N3O3/c1-3-21-15(20)18-10-9-17-14(19)16-8-7-13-6-4-5-12(2)11-13/h4-8,11H,3,9-10H2,1-2H3,(H,18,20)(H2,16,17,19)/b8-7+. The van der Waals surface area contributed by atoms with Crippen molar-refractivity contribution in [3.8, 4) is 0 Å². The topological polar surface area (TPSA) is 79.5 Å². The van der Waals surface area contributed by atoms with Gasteiger partial charge in [0.15, 0.2) is 0 Å². The van der Waals surface area contributed by atoms with Crippen LogP contribution in [0.5, 0.6) is 0 Å². The molecule has 0 atom stereocenters. The Labute approximate surface area is 124 Å². The molecule has 0 heterocycles. The van der Waals surface area contributed by atoms with E-state index in [1.165, 1.54) is 0 Å². The van der Waals surface area contributed by atoms with Gasteiger partial charge in [-0.3, -0.25) is 0 Å². The second kappa shape index (κ2) is 9.41. The van der Waals surface area contributed by atoms with Gasteiger partial charge in [0.25, 0.3) is 0 Å². The van der Waals surface area contributed by atoms with Crippen LogP contribution >= 0.6 is 0 Å². The molecule has 114 valence electrons. The van der Waals surface area contributed by atoms with Crippen molar-refractivity contribution >= 4 is 18.2 Å². The van der Waals surface area contributed by atoms with Gasteiger partial charge in [-0.1, -0.05) is 29.8 Å². The van der Waals surface area contributed by atoms with Crippen molar-refractivity contribution in [1.29, 1.82) is 0 Å². The van der Waals surface area contributed by atoms with Crippen molar-refractivity contribution in [3.05, 3.63) is 41.6 Å². The molecule has 0 fully saturated rings. The molecule has 0 aliphatic rings. The van der Waals surface area contributed by atoms with Crippen LogP contribution in [-0.2, 0) is 4.74 Å². The number of hydrogen-bond acceptors (Lipinski definition) is 3. The highest BCUT2D eigenvalue weighted by Crippen LogP contribution is 2.04. The highest BCUT2D eigenvalue weighted by molar-refractivity contribution is 5.76. The van der Waals surface area contributed by atoms with E-state index < -0.39 is 6.09 Å². The summed E-state index contributed by atoms with van der Waals surface area (Å²) in [7, 11) is 0. The van der Waals surface area contributed by atoms with Gasteiger partial charge in [0.2, 0.25) is 0 Å². The van der Waals surface area contributed by atoms with Crippen LogP contribution in [0.4, 0.5) is 9.59 Å². The Hall–Kier alpha value is -2.50. The zero-order valence-corrected chi connectivity index (χ0v) is 12.3. The van der Waals surface area contributed by atoms with Crippen LogP contribution < -0.4 is 16.0 Å². The van der Waals surface area contributed by atoms with E-state index >= 15 is 0 Å². The van der Waals surface area contributed by atoms with Crippen LogP contribution in [0.1, 0.15) is 18.1 Å². The predicted molar refractivity (Wildman–Crippen MR) is 81.8 cm³/mol. The third-order valence-electron chi connectivity index (χ3n) is 2.49. The fourth-order valence-electron chi connectivity index (χ4n) is 1.56. The lowest BCUT2D eigenvalue weighted by molar-refractivity contribution is 0.152. The highest BCUT2D eigenvalue weighted by atomic mass is 16.5. The summed E-state index contributed by atoms with van der Waals surface area (Å²) in [5, 5.41) is 7.70. The molecular weight excluding hydrogens is 270 g/mol. The summed E-state index contributed by atoms with van der Waals surface area (Å²) in [5.41, 5.74) is 2.17. The molecule has 1 aromatic rings. The van der Waals surface area contributed by atoms with Gasteiger partial charge in [0.05, 0.1) is 6.61 Å². The van der Waals surface area contributed by atoms with E-state index in [1.54, 1.807) is 13.1 Å². The van der Waals surface area contributed by atoms with Gasteiger partial charge in [-0.15, -0.1) is 0 Å². The van der Waals surface area contributed by atoms with Gasteiger partial charge in [-0.2, -0.15) is 0 Å². The van der Waals surface area contributed by atoms with E-state index in [0.717, 1.165) is 11.1 Å². The van der Waals surface area contributed by atoms with E-state index in [-0.39, 0.29) is 6.03 Å². The van der Waals surface area contributed by atoms with E-state index in [0.29, 0.717) is 19.7 Å². The average Bonchev–Trinajstić information content (AvgIpc) is 2.44. The lowest BCUT2D eigenvalue weighted by Gasteiger charge is -2.06. The van der Waals surface area contributed by atoms with Crippen molar-refractivity contribution in [1.82, 2.24) is 16.0 Å². The summed E-state index contributed by atoms with van der Waals surface area (Å²) in [5.74, 6) is 0. The largest absolute Gasteiger partial charge is 0.450 e. The second-order valence-electron chi connectivity index (χ2n) is 4.29. The molecule has 0 bridgehead atoms.